The average molecular weight is 473 g/mol. The Morgan fingerprint density at radius 3 is 2.46 bits per heavy atom. The van der Waals surface area contributed by atoms with Crippen molar-refractivity contribution in [1.29, 1.82) is 0 Å². The SMILES string of the molecule is Cc1ccc(C)c(CN2CCN(c3nc4c(c(=O)[nH]c(=O)n4C)n3CCc3ccccc3)CC2)c1. The molecule has 8 heteroatoms. The molecular formula is C27H32N6O2. The van der Waals surface area contributed by atoms with Crippen molar-refractivity contribution < 1.29 is 0 Å². The van der Waals surface area contributed by atoms with Gasteiger partial charge in [0.25, 0.3) is 5.56 Å². The van der Waals surface area contributed by atoms with Crippen LogP contribution in [-0.4, -0.2) is 50.2 Å². The lowest BCUT2D eigenvalue weighted by molar-refractivity contribution is 0.247. The molecule has 182 valence electrons. The Bertz CT molecular complexity index is 1460. The molecule has 0 bridgehead atoms. The number of nitrogens with one attached hydrogen (secondary N) is 1. The molecule has 35 heavy (non-hydrogen) atoms. The van der Waals surface area contributed by atoms with Crippen LogP contribution in [-0.2, 0) is 26.6 Å². The molecule has 1 aliphatic heterocycles. The largest absolute Gasteiger partial charge is 0.340 e. The summed E-state index contributed by atoms with van der Waals surface area (Å²) in [6, 6.07) is 16.8. The highest BCUT2D eigenvalue weighted by Gasteiger charge is 2.25. The van der Waals surface area contributed by atoms with Crippen LogP contribution in [0.5, 0.6) is 0 Å². The van der Waals surface area contributed by atoms with Gasteiger partial charge in [-0.1, -0.05) is 54.1 Å². The van der Waals surface area contributed by atoms with E-state index in [1.54, 1.807) is 7.05 Å². The third kappa shape index (κ3) is 4.66. The molecule has 3 heterocycles. The summed E-state index contributed by atoms with van der Waals surface area (Å²) in [5.74, 6) is 0.758. The van der Waals surface area contributed by atoms with E-state index < -0.39 is 5.69 Å². The van der Waals surface area contributed by atoms with Crippen LogP contribution in [0.25, 0.3) is 11.2 Å². The normalized spacial score (nSPS) is 14.7. The maximum atomic E-state index is 12.8. The van der Waals surface area contributed by atoms with Crippen molar-refractivity contribution in [2.75, 3.05) is 31.1 Å². The monoisotopic (exact) mass is 472 g/mol. The lowest BCUT2D eigenvalue weighted by atomic mass is 10.0. The van der Waals surface area contributed by atoms with Gasteiger partial charge in [0, 0.05) is 46.3 Å². The topological polar surface area (TPSA) is 79.2 Å². The van der Waals surface area contributed by atoms with E-state index in [2.05, 4.69) is 59.0 Å². The molecule has 0 atom stereocenters. The molecule has 0 radical (unpaired) electrons. The number of aromatic amines is 1. The Hall–Kier alpha value is -3.65. The number of fused-ring (bicyclic) bond motifs is 1. The minimum Gasteiger partial charge on any atom is -0.340 e. The zero-order chi connectivity index (χ0) is 24.5. The highest BCUT2D eigenvalue weighted by molar-refractivity contribution is 5.74. The molecular weight excluding hydrogens is 440 g/mol. The Labute approximate surface area is 204 Å². The number of hydrogen-bond acceptors (Lipinski definition) is 5. The predicted octanol–water partition coefficient (Wildman–Crippen LogP) is 2.61. The first-order valence-corrected chi connectivity index (χ1v) is 12.2. The highest BCUT2D eigenvalue weighted by Crippen LogP contribution is 2.23. The first kappa shape index (κ1) is 23.1. The van der Waals surface area contributed by atoms with E-state index in [9.17, 15) is 9.59 Å². The van der Waals surface area contributed by atoms with Crippen LogP contribution in [0.3, 0.4) is 0 Å². The molecule has 0 aliphatic carbocycles. The number of imidazole rings is 1. The van der Waals surface area contributed by atoms with Crippen molar-refractivity contribution in [3.63, 3.8) is 0 Å². The third-order valence-corrected chi connectivity index (χ3v) is 7.01. The molecule has 4 aromatic rings. The number of H-pyrrole nitrogens is 1. The van der Waals surface area contributed by atoms with E-state index >= 15 is 0 Å². The van der Waals surface area contributed by atoms with Crippen molar-refractivity contribution in [2.45, 2.75) is 33.4 Å². The Morgan fingerprint density at radius 2 is 1.71 bits per heavy atom. The van der Waals surface area contributed by atoms with Crippen LogP contribution < -0.4 is 16.1 Å². The first-order valence-electron chi connectivity index (χ1n) is 12.2. The average Bonchev–Trinajstić information content (AvgIpc) is 3.25. The van der Waals surface area contributed by atoms with Gasteiger partial charge in [0.2, 0.25) is 5.95 Å². The third-order valence-electron chi connectivity index (χ3n) is 7.01. The standard InChI is InChI=1S/C27H32N6O2/c1-19-9-10-20(2)22(17-19)18-31-13-15-32(16-14-31)26-28-24-23(25(34)29-27(35)30(24)3)33(26)12-11-21-7-5-4-6-8-21/h4-10,17H,11-16,18H2,1-3H3,(H,29,34,35). The van der Waals surface area contributed by atoms with Gasteiger partial charge in [-0.05, 0) is 37.0 Å². The summed E-state index contributed by atoms with van der Waals surface area (Å²) in [6.45, 7) is 9.28. The van der Waals surface area contributed by atoms with Gasteiger partial charge in [0.1, 0.15) is 0 Å². The number of aromatic nitrogens is 4. The van der Waals surface area contributed by atoms with E-state index in [0.29, 0.717) is 17.7 Å². The highest BCUT2D eigenvalue weighted by atomic mass is 16.2. The molecule has 5 rings (SSSR count). The molecule has 8 nitrogen and oxygen atoms in total. The molecule has 2 aromatic carbocycles. The molecule has 1 saturated heterocycles. The quantitative estimate of drug-likeness (QED) is 0.467. The molecule has 0 spiro atoms. The number of rotatable bonds is 6. The lowest BCUT2D eigenvalue weighted by Crippen LogP contribution is -2.47. The summed E-state index contributed by atoms with van der Waals surface area (Å²) in [5.41, 5.74) is 5.22. The zero-order valence-corrected chi connectivity index (χ0v) is 20.6. The summed E-state index contributed by atoms with van der Waals surface area (Å²) in [4.78, 5) is 37.1. The minimum atomic E-state index is -0.444. The van der Waals surface area contributed by atoms with Crippen molar-refractivity contribution in [3.05, 3.63) is 91.6 Å². The summed E-state index contributed by atoms with van der Waals surface area (Å²) in [7, 11) is 1.65. The second-order valence-corrected chi connectivity index (χ2v) is 9.48. The van der Waals surface area contributed by atoms with E-state index in [4.69, 9.17) is 4.98 Å². The Balaban J connectivity index is 1.42. The second kappa shape index (κ2) is 9.54. The molecule has 0 saturated carbocycles. The van der Waals surface area contributed by atoms with Crippen LogP contribution in [0.2, 0.25) is 0 Å². The smallest absolute Gasteiger partial charge is 0.329 e. The summed E-state index contributed by atoms with van der Waals surface area (Å²) < 4.78 is 3.41. The maximum Gasteiger partial charge on any atom is 0.329 e. The van der Waals surface area contributed by atoms with Crippen molar-refractivity contribution in [3.8, 4) is 0 Å². The number of piperazine rings is 1. The number of anilines is 1. The fraction of sp³-hybridized carbons (Fsp3) is 0.370. The van der Waals surface area contributed by atoms with Crippen LogP contribution in [0.4, 0.5) is 5.95 Å². The van der Waals surface area contributed by atoms with E-state index in [1.807, 2.05) is 22.8 Å². The van der Waals surface area contributed by atoms with Crippen LogP contribution >= 0.6 is 0 Å². The lowest BCUT2D eigenvalue weighted by Gasteiger charge is -2.35. The molecule has 1 N–H and O–H groups in total. The fourth-order valence-electron chi connectivity index (χ4n) is 4.88. The molecule has 1 fully saturated rings. The maximum absolute atomic E-state index is 12.8. The van der Waals surface area contributed by atoms with Crippen LogP contribution in [0.15, 0.2) is 58.1 Å². The van der Waals surface area contributed by atoms with Gasteiger partial charge < -0.3 is 9.47 Å². The molecule has 0 unspecified atom stereocenters. The van der Waals surface area contributed by atoms with Gasteiger partial charge in [-0.3, -0.25) is 19.2 Å². The number of hydrogen-bond donors (Lipinski definition) is 1. The zero-order valence-electron chi connectivity index (χ0n) is 20.6. The van der Waals surface area contributed by atoms with Gasteiger partial charge in [-0.15, -0.1) is 0 Å². The van der Waals surface area contributed by atoms with E-state index in [1.165, 1.54) is 26.8 Å². The van der Waals surface area contributed by atoms with E-state index in [0.717, 1.165) is 45.1 Å². The van der Waals surface area contributed by atoms with Gasteiger partial charge >= 0.3 is 5.69 Å². The number of benzene rings is 2. The second-order valence-electron chi connectivity index (χ2n) is 9.48. The fourth-order valence-corrected chi connectivity index (χ4v) is 4.88. The van der Waals surface area contributed by atoms with Crippen LogP contribution in [0.1, 0.15) is 22.3 Å². The van der Waals surface area contributed by atoms with Crippen molar-refractivity contribution >= 4 is 17.1 Å². The Kier molecular flexibility index (Phi) is 6.30. The van der Waals surface area contributed by atoms with Gasteiger partial charge in [-0.25, -0.2) is 4.79 Å². The Morgan fingerprint density at radius 1 is 0.971 bits per heavy atom. The number of nitrogens with zero attached hydrogens (tertiary/aromatic N) is 5. The molecule has 2 aromatic heterocycles. The molecule has 0 amide bonds. The van der Waals surface area contributed by atoms with Gasteiger partial charge in [-0.2, -0.15) is 4.98 Å². The summed E-state index contributed by atoms with van der Waals surface area (Å²) >= 11 is 0. The van der Waals surface area contributed by atoms with Gasteiger partial charge in [0.15, 0.2) is 11.2 Å². The summed E-state index contributed by atoms with van der Waals surface area (Å²) in [5, 5.41) is 0. The van der Waals surface area contributed by atoms with E-state index in [-0.39, 0.29) is 5.56 Å². The predicted molar refractivity (Wildman–Crippen MR) is 139 cm³/mol. The van der Waals surface area contributed by atoms with Crippen LogP contribution in [0, 0.1) is 13.8 Å². The minimum absolute atomic E-state index is 0.386. The van der Waals surface area contributed by atoms with Gasteiger partial charge in [0.05, 0.1) is 0 Å². The van der Waals surface area contributed by atoms with Crippen molar-refractivity contribution in [1.82, 2.24) is 24.0 Å². The molecule has 1 aliphatic rings. The number of aryl methyl sites for hydroxylation is 5. The van der Waals surface area contributed by atoms with Crippen molar-refractivity contribution in [2.24, 2.45) is 7.05 Å². The first-order chi connectivity index (χ1) is 16.9. The summed E-state index contributed by atoms with van der Waals surface area (Å²) in [6.07, 6.45) is 0.772.